The molecule has 0 aliphatic rings. The van der Waals surface area contributed by atoms with Gasteiger partial charge >= 0.3 is 0 Å². The van der Waals surface area contributed by atoms with E-state index in [1.807, 2.05) is 18.2 Å². The van der Waals surface area contributed by atoms with E-state index in [0.717, 1.165) is 34.6 Å². The molecule has 1 atom stereocenters. The van der Waals surface area contributed by atoms with Crippen molar-refractivity contribution < 1.29 is 4.74 Å². The Bertz CT molecular complexity index is 1130. The minimum atomic E-state index is 0.0616. The Balaban J connectivity index is 1.82. The largest absolute Gasteiger partial charge is 0.497 e. The summed E-state index contributed by atoms with van der Waals surface area (Å²) in [5, 5.41) is 4.79. The number of H-pyrrole nitrogens is 1. The molecule has 3 nitrogen and oxygen atoms in total. The van der Waals surface area contributed by atoms with Crippen molar-refractivity contribution >= 4 is 16.6 Å². The standard InChI is InChI=1S/C26H26N2O/c1-4-22(20-12-8-9-18(2)15-20)26-25(27-17-19-10-6-5-7-11-19)23-16-21(29-3)13-14-24(23)28-26/h4-16,22,27-28H,1,17H2,2-3H3/t22-/m1/s1. The van der Waals surface area contributed by atoms with Crippen LogP contribution in [0.3, 0.4) is 0 Å². The van der Waals surface area contributed by atoms with E-state index in [1.165, 1.54) is 16.7 Å². The summed E-state index contributed by atoms with van der Waals surface area (Å²) in [6.07, 6.45) is 2.00. The molecule has 146 valence electrons. The van der Waals surface area contributed by atoms with Crippen LogP contribution in [0.1, 0.15) is 28.3 Å². The molecule has 4 aromatic rings. The van der Waals surface area contributed by atoms with Crippen LogP contribution in [0.4, 0.5) is 5.69 Å². The number of anilines is 1. The molecular formula is C26H26N2O. The van der Waals surface area contributed by atoms with Gasteiger partial charge in [0.1, 0.15) is 5.75 Å². The van der Waals surface area contributed by atoms with Crippen LogP contribution in [0.5, 0.6) is 5.75 Å². The highest BCUT2D eigenvalue weighted by Crippen LogP contribution is 2.38. The molecule has 0 saturated carbocycles. The smallest absolute Gasteiger partial charge is 0.119 e. The number of nitrogens with one attached hydrogen (secondary N) is 2. The third kappa shape index (κ3) is 3.90. The van der Waals surface area contributed by atoms with Crippen LogP contribution in [0, 0.1) is 6.92 Å². The van der Waals surface area contributed by atoms with Crippen LogP contribution in [0.25, 0.3) is 10.9 Å². The first kappa shape index (κ1) is 18.9. The predicted octanol–water partition coefficient (Wildman–Crippen LogP) is 6.41. The average Bonchev–Trinajstić information content (AvgIpc) is 3.11. The Hall–Kier alpha value is -3.46. The molecule has 0 unspecified atom stereocenters. The number of hydrogen-bond donors (Lipinski definition) is 2. The summed E-state index contributed by atoms with van der Waals surface area (Å²) in [6.45, 7) is 7.00. The summed E-state index contributed by atoms with van der Waals surface area (Å²) in [7, 11) is 1.70. The van der Waals surface area contributed by atoms with Gasteiger partial charge in [-0.25, -0.2) is 0 Å². The number of ether oxygens (including phenoxy) is 1. The number of hydrogen-bond acceptors (Lipinski definition) is 2. The lowest BCUT2D eigenvalue weighted by Crippen LogP contribution is -2.05. The lowest BCUT2D eigenvalue weighted by Gasteiger charge is -2.16. The van der Waals surface area contributed by atoms with Crippen LogP contribution in [-0.2, 0) is 6.54 Å². The summed E-state index contributed by atoms with van der Waals surface area (Å²) >= 11 is 0. The summed E-state index contributed by atoms with van der Waals surface area (Å²) in [5.74, 6) is 0.906. The fourth-order valence-corrected chi connectivity index (χ4v) is 3.81. The molecule has 3 aromatic carbocycles. The van der Waals surface area contributed by atoms with Crippen molar-refractivity contribution in [2.45, 2.75) is 19.4 Å². The third-order valence-corrected chi connectivity index (χ3v) is 5.29. The number of aryl methyl sites for hydroxylation is 1. The zero-order valence-electron chi connectivity index (χ0n) is 16.9. The average molecular weight is 383 g/mol. The monoisotopic (exact) mass is 382 g/mol. The van der Waals surface area contributed by atoms with Gasteiger partial charge in [-0.1, -0.05) is 66.2 Å². The lowest BCUT2D eigenvalue weighted by molar-refractivity contribution is 0.415. The van der Waals surface area contributed by atoms with Crippen molar-refractivity contribution in [2.75, 3.05) is 12.4 Å². The minimum absolute atomic E-state index is 0.0616. The van der Waals surface area contributed by atoms with E-state index in [0.29, 0.717) is 0 Å². The van der Waals surface area contributed by atoms with E-state index in [2.05, 4.69) is 84.5 Å². The maximum atomic E-state index is 5.47. The van der Waals surface area contributed by atoms with Gasteiger partial charge in [0.25, 0.3) is 0 Å². The maximum absolute atomic E-state index is 5.47. The molecule has 0 aliphatic carbocycles. The zero-order chi connectivity index (χ0) is 20.2. The summed E-state index contributed by atoms with van der Waals surface area (Å²) < 4.78 is 5.47. The Kier molecular flexibility index (Phi) is 5.39. The topological polar surface area (TPSA) is 37.0 Å². The fourth-order valence-electron chi connectivity index (χ4n) is 3.81. The molecule has 2 N–H and O–H groups in total. The van der Waals surface area contributed by atoms with Gasteiger partial charge in [-0.05, 0) is 36.2 Å². The highest BCUT2D eigenvalue weighted by atomic mass is 16.5. The van der Waals surface area contributed by atoms with Gasteiger partial charge in [0.2, 0.25) is 0 Å². The van der Waals surface area contributed by atoms with Crippen LogP contribution in [-0.4, -0.2) is 12.1 Å². The third-order valence-electron chi connectivity index (χ3n) is 5.29. The molecule has 1 aromatic heterocycles. The number of methoxy groups -OCH3 is 1. The van der Waals surface area contributed by atoms with E-state index in [4.69, 9.17) is 4.74 Å². The van der Waals surface area contributed by atoms with Crippen LogP contribution in [0.15, 0.2) is 85.5 Å². The molecular weight excluding hydrogens is 356 g/mol. The molecule has 4 rings (SSSR count). The second kappa shape index (κ2) is 8.27. The van der Waals surface area contributed by atoms with Crippen molar-refractivity contribution in [3.63, 3.8) is 0 Å². The molecule has 1 heterocycles. The minimum Gasteiger partial charge on any atom is -0.497 e. The summed E-state index contributed by atoms with van der Waals surface area (Å²) in [6, 6.07) is 25.2. The molecule has 0 bridgehead atoms. The lowest BCUT2D eigenvalue weighted by atomic mass is 9.93. The number of aromatic nitrogens is 1. The Morgan fingerprint density at radius 3 is 2.59 bits per heavy atom. The first-order chi connectivity index (χ1) is 14.2. The van der Waals surface area contributed by atoms with Crippen molar-refractivity contribution in [2.24, 2.45) is 0 Å². The van der Waals surface area contributed by atoms with Crippen molar-refractivity contribution in [1.82, 2.24) is 4.98 Å². The van der Waals surface area contributed by atoms with E-state index in [-0.39, 0.29) is 5.92 Å². The Morgan fingerprint density at radius 2 is 1.86 bits per heavy atom. The van der Waals surface area contributed by atoms with Gasteiger partial charge in [0, 0.05) is 23.4 Å². The maximum Gasteiger partial charge on any atom is 0.119 e. The second-order valence-corrected chi connectivity index (χ2v) is 7.29. The quantitative estimate of drug-likeness (QED) is 0.362. The van der Waals surface area contributed by atoms with Crippen LogP contribution in [0.2, 0.25) is 0 Å². The number of benzene rings is 3. The molecule has 0 fully saturated rings. The van der Waals surface area contributed by atoms with Gasteiger partial charge < -0.3 is 15.0 Å². The van der Waals surface area contributed by atoms with Gasteiger partial charge in [-0.3, -0.25) is 0 Å². The van der Waals surface area contributed by atoms with Crippen molar-refractivity contribution in [1.29, 1.82) is 0 Å². The summed E-state index contributed by atoms with van der Waals surface area (Å²) in [4.78, 5) is 3.63. The SMILES string of the molecule is C=C[C@H](c1cccc(C)c1)c1[nH]c2ccc(OC)cc2c1NCc1ccccc1. The van der Waals surface area contributed by atoms with E-state index < -0.39 is 0 Å². The van der Waals surface area contributed by atoms with Crippen molar-refractivity contribution in [3.05, 3.63) is 108 Å². The molecule has 0 saturated heterocycles. The van der Waals surface area contributed by atoms with Crippen molar-refractivity contribution in [3.8, 4) is 5.75 Å². The Morgan fingerprint density at radius 1 is 1.03 bits per heavy atom. The van der Waals surface area contributed by atoms with E-state index >= 15 is 0 Å². The highest BCUT2D eigenvalue weighted by Gasteiger charge is 2.20. The zero-order valence-corrected chi connectivity index (χ0v) is 16.9. The van der Waals surface area contributed by atoms with Gasteiger partial charge in [-0.15, -0.1) is 6.58 Å². The normalized spacial score (nSPS) is 11.9. The molecule has 0 spiro atoms. The molecule has 0 aliphatic heterocycles. The predicted molar refractivity (Wildman–Crippen MR) is 122 cm³/mol. The molecule has 0 radical (unpaired) electrons. The fraction of sp³-hybridized carbons (Fsp3) is 0.154. The molecule has 29 heavy (non-hydrogen) atoms. The second-order valence-electron chi connectivity index (χ2n) is 7.29. The number of rotatable bonds is 7. The molecule has 3 heteroatoms. The number of allylic oxidation sites excluding steroid dienone is 1. The van der Waals surface area contributed by atoms with E-state index in [1.54, 1.807) is 7.11 Å². The summed E-state index contributed by atoms with van der Waals surface area (Å²) in [5.41, 5.74) is 6.99. The van der Waals surface area contributed by atoms with Gasteiger partial charge in [0.05, 0.1) is 18.5 Å². The van der Waals surface area contributed by atoms with Gasteiger partial charge in [-0.2, -0.15) is 0 Å². The van der Waals surface area contributed by atoms with Gasteiger partial charge in [0.15, 0.2) is 0 Å². The first-order valence-corrected chi connectivity index (χ1v) is 9.86. The van der Waals surface area contributed by atoms with Crippen LogP contribution >= 0.6 is 0 Å². The highest BCUT2D eigenvalue weighted by molar-refractivity contribution is 5.96. The Labute approximate surface area is 172 Å². The number of fused-ring (bicyclic) bond motifs is 1. The first-order valence-electron chi connectivity index (χ1n) is 9.86. The molecule has 0 amide bonds. The van der Waals surface area contributed by atoms with E-state index in [9.17, 15) is 0 Å². The van der Waals surface area contributed by atoms with Crippen LogP contribution < -0.4 is 10.1 Å². The number of aromatic amines is 1.